The van der Waals surface area contributed by atoms with Crippen LogP contribution in [0.5, 0.6) is 0 Å². The van der Waals surface area contributed by atoms with E-state index in [0.29, 0.717) is 0 Å². The summed E-state index contributed by atoms with van der Waals surface area (Å²) in [4.78, 5) is 11.1. The van der Waals surface area contributed by atoms with Crippen LogP contribution >= 0.6 is 0 Å². The van der Waals surface area contributed by atoms with Gasteiger partial charge in [0.15, 0.2) is 0 Å². The lowest BCUT2D eigenvalue weighted by Crippen LogP contribution is -2.09. The third-order valence-electron chi connectivity index (χ3n) is 1.73. The van der Waals surface area contributed by atoms with Gasteiger partial charge in [-0.05, 0) is 26.3 Å². The Morgan fingerprint density at radius 1 is 1.42 bits per heavy atom. The van der Waals surface area contributed by atoms with E-state index in [-0.39, 0.29) is 11.7 Å². The molecule has 1 atom stereocenters. The number of ketones is 1. The summed E-state index contributed by atoms with van der Waals surface area (Å²) in [5.41, 5.74) is 1.01. The summed E-state index contributed by atoms with van der Waals surface area (Å²) in [5, 5.41) is 0. The quantitative estimate of drug-likeness (QED) is 0.461. The number of carbonyl (C=O) groups excluding carboxylic acids is 1. The highest BCUT2D eigenvalue weighted by atomic mass is 16.1. The first-order chi connectivity index (χ1) is 5.67. The second-order valence-electron chi connectivity index (χ2n) is 2.61. The lowest BCUT2D eigenvalue weighted by molar-refractivity contribution is -0.118. The van der Waals surface area contributed by atoms with Crippen LogP contribution in [0.15, 0.2) is 36.5 Å². The van der Waals surface area contributed by atoms with Gasteiger partial charge in [-0.25, -0.2) is 0 Å². The van der Waals surface area contributed by atoms with Crippen LogP contribution in [0.4, 0.5) is 0 Å². The molecule has 0 rings (SSSR count). The van der Waals surface area contributed by atoms with E-state index in [1.54, 1.807) is 13.0 Å². The lowest BCUT2D eigenvalue weighted by atomic mass is 9.95. The lowest BCUT2D eigenvalue weighted by Gasteiger charge is -2.08. The first-order valence-corrected chi connectivity index (χ1v) is 4.09. The van der Waals surface area contributed by atoms with Crippen molar-refractivity contribution in [3.63, 3.8) is 0 Å². The average Bonchev–Trinajstić information content (AvgIpc) is 2.03. The summed E-state index contributed by atoms with van der Waals surface area (Å²) >= 11 is 0. The summed E-state index contributed by atoms with van der Waals surface area (Å²) in [6, 6.07) is 0. The fraction of sp³-hybridized carbons (Fsp3) is 0.364. The maximum absolute atomic E-state index is 11.1. The highest BCUT2D eigenvalue weighted by Gasteiger charge is 2.11. The third kappa shape index (κ3) is 2.87. The standard InChI is InChI=1S/C11H16O/c1-5-8-10(6-2)11(7-3)9(4)12/h5-8,11H,3H2,1-2,4H3/b8-5-,10-6+. The topological polar surface area (TPSA) is 17.1 Å². The maximum Gasteiger partial charge on any atom is 0.141 e. The van der Waals surface area contributed by atoms with E-state index in [1.165, 1.54) is 0 Å². The number of carbonyl (C=O) groups is 1. The molecule has 0 spiro atoms. The fourth-order valence-electron chi connectivity index (χ4n) is 1.11. The van der Waals surface area contributed by atoms with E-state index < -0.39 is 0 Å². The van der Waals surface area contributed by atoms with Crippen LogP contribution < -0.4 is 0 Å². The van der Waals surface area contributed by atoms with Gasteiger partial charge in [0.2, 0.25) is 0 Å². The predicted molar refractivity (Wildman–Crippen MR) is 52.9 cm³/mol. The monoisotopic (exact) mass is 164 g/mol. The molecule has 1 heteroatoms. The van der Waals surface area contributed by atoms with Crippen molar-refractivity contribution in [1.82, 2.24) is 0 Å². The van der Waals surface area contributed by atoms with E-state index in [2.05, 4.69) is 6.58 Å². The Labute approximate surface area is 74.5 Å². The summed E-state index contributed by atoms with van der Waals surface area (Å²) in [5.74, 6) is -0.0117. The van der Waals surface area contributed by atoms with Crippen molar-refractivity contribution in [2.24, 2.45) is 5.92 Å². The Kier molecular flexibility index (Phi) is 5.02. The number of Topliss-reactive ketones (excluding diaryl/α,β-unsaturated/α-hetero) is 1. The molecular formula is C11H16O. The minimum atomic E-state index is -0.147. The molecule has 0 fully saturated rings. The van der Waals surface area contributed by atoms with E-state index in [9.17, 15) is 4.79 Å². The molecule has 0 aliphatic rings. The molecule has 0 saturated carbocycles. The van der Waals surface area contributed by atoms with Crippen molar-refractivity contribution in [3.8, 4) is 0 Å². The zero-order valence-corrected chi connectivity index (χ0v) is 8.00. The number of rotatable bonds is 4. The molecule has 66 valence electrons. The molecule has 0 saturated heterocycles. The van der Waals surface area contributed by atoms with Crippen LogP contribution in [-0.2, 0) is 4.79 Å². The van der Waals surface area contributed by atoms with Crippen molar-refractivity contribution >= 4 is 5.78 Å². The number of allylic oxidation sites excluding steroid dienone is 5. The van der Waals surface area contributed by atoms with Crippen LogP contribution in [-0.4, -0.2) is 5.78 Å². The van der Waals surface area contributed by atoms with Gasteiger partial charge in [0.25, 0.3) is 0 Å². The van der Waals surface area contributed by atoms with Crippen molar-refractivity contribution in [1.29, 1.82) is 0 Å². The number of hydrogen-bond acceptors (Lipinski definition) is 1. The smallest absolute Gasteiger partial charge is 0.141 e. The summed E-state index contributed by atoms with van der Waals surface area (Å²) in [6.45, 7) is 9.08. The molecule has 0 aromatic rings. The molecule has 1 unspecified atom stereocenters. The largest absolute Gasteiger partial charge is 0.299 e. The second kappa shape index (κ2) is 5.53. The Morgan fingerprint density at radius 2 is 2.00 bits per heavy atom. The minimum Gasteiger partial charge on any atom is -0.299 e. The minimum absolute atomic E-state index is 0.135. The van der Waals surface area contributed by atoms with E-state index in [1.807, 2.05) is 32.1 Å². The van der Waals surface area contributed by atoms with Gasteiger partial charge in [-0.1, -0.05) is 24.3 Å². The van der Waals surface area contributed by atoms with E-state index in [4.69, 9.17) is 0 Å². The fourth-order valence-corrected chi connectivity index (χ4v) is 1.11. The molecule has 12 heavy (non-hydrogen) atoms. The average molecular weight is 164 g/mol. The van der Waals surface area contributed by atoms with Gasteiger partial charge in [-0.15, -0.1) is 6.58 Å². The number of hydrogen-bond donors (Lipinski definition) is 0. The second-order valence-corrected chi connectivity index (χ2v) is 2.61. The van der Waals surface area contributed by atoms with Gasteiger partial charge < -0.3 is 0 Å². The zero-order valence-electron chi connectivity index (χ0n) is 8.00. The zero-order chi connectivity index (χ0) is 9.56. The highest BCUT2D eigenvalue weighted by Crippen LogP contribution is 2.14. The molecule has 0 heterocycles. The summed E-state index contributed by atoms with van der Waals surface area (Å²) in [6.07, 6.45) is 7.48. The molecule has 0 radical (unpaired) electrons. The molecule has 1 nitrogen and oxygen atoms in total. The van der Waals surface area contributed by atoms with Gasteiger partial charge in [-0.3, -0.25) is 4.79 Å². The van der Waals surface area contributed by atoms with Crippen LogP contribution in [0.1, 0.15) is 20.8 Å². The maximum atomic E-state index is 11.1. The van der Waals surface area contributed by atoms with Crippen molar-refractivity contribution in [2.75, 3.05) is 0 Å². The van der Waals surface area contributed by atoms with E-state index >= 15 is 0 Å². The van der Waals surface area contributed by atoms with Crippen molar-refractivity contribution < 1.29 is 4.79 Å². The molecule has 0 aliphatic heterocycles. The first kappa shape index (κ1) is 10.9. The van der Waals surface area contributed by atoms with Gasteiger partial charge in [0.1, 0.15) is 5.78 Å². The van der Waals surface area contributed by atoms with Crippen molar-refractivity contribution in [2.45, 2.75) is 20.8 Å². The highest BCUT2D eigenvalue weighted by molar-refractivity contribution is 5.83. The molecule has 0 bridgehead atoms. The Hall–Kier alpha value is -1.11. The normalized spacial score (nSPS) is 14.8. The first-order valence-electron chi connectivity index (χ1n) is 4.09. The van der Waals surface area contributed by atoms with Crippen LogP contribution in [0.25, 0.3) is 0 Å². The molecule has 0 aromatic heterocycles. The molecule has 0 N–H and O–H groups in total. The molecule has 0 aliphatic carbocycles. The molecular weight excluding hydrogens is 148 g/mol. The van der Waals surface area contributed by atoms with Crippen LogP contribution in [0.3, 0.4) is 0 Å². The van der Waals surface area contributed by atoms with Gasteiger partial charge >= 0.3 is 0 Å². The van der Waals surface area contributed by atoms with E-state index in [0.717, 1.165) is 5.57 Å². The van der Waals surface area contributed by atoms with Crippen molar-refractivity contribution in [3.05, 3.63) is 36.5 Å². The summed E-state index contributed by atoms with van der Waals surface area (Å²) in [7, 11) is 0. The van der Waals surface area contributed by atoms with Gasteiger partial charge in [-0.2, -0.15) is 0 Å². The summed E-state index contributed by atoms with van der Waals surface area (Å²) < 4.78 is 0. The van der Waals surface area contributed by atoms with Crippen LogP contribution in [0, 0.1) is 5.92 Å². The molecule has 0 aromatic carbocycles. The molecule has 0 amide bonds. The Bertz CT molecular complexity index is 221. The van der Waals surface area contributed by atoms with Gasteiger partial charge in [0, 0.05) is 0 Å². The SMILES string of the molecule is C=CC(C(C)=O)C(/C=C\C)=C/C. The Balaban J connectivity index is 4.69. The van der Waals surface area contributed by atoms with Crippen LogP contribution in [0.2, 0.25) is 0 Å². The predicted octanol–water partition coefficient (Wildman–Crippen LogP) is 2.90. The van der Waals surface area contributed by atoms with Gasteiger partial charge in [0.05, 0.1) is 5.92 Å². The Morgan fingerprint density at radius 3 is 2.25 bits per heavy atom. The third-order valence-corrected chi connectivity index (χ3v) is 1.73.